The predicted octanol–water partition coefficient (Wildman–Crippen LogP) is 2.29. The van der Waals surface area contributed by atoms with Crippen molar-refractivity contribution in [1.82, 2.24) is 10.3 Å². The number of carboxylic acids is 1. The van der Waals surface area contributed by atoms with E-state index in [-0.39, 0.29) is 11.2 Å². The van der Waals surface area contributed by atoms with E-state index in [4.69, 9.17) is 5.11 Å². The lowest BCUT2D eigenvalue weighted by molar-refractivity contribution is -0.139. The van der Waals surface area contributed by atoms with Crippen molar-refractivity contribution >= 4 is 22.8 Å². The molecular formula is C15H15FN2O3. The summed E-state index contributed by atoms with van der Waals surface area (Å²) in [4.78, 5) is 26.0. The average molecular weight is 290 g/mol. The number of hydrogen-bond acceptors (Lipinski definition) is 2. The van der Waals surface area contributed by atoms with Crippen LogP contribution in [0.3, 0.4) is 0 Å². The molecule has 0 unspecified atom stereocenters. The van der Waals surface area contributed by atoms with Crippen molar-refractivity contribution in [3.05, 3.63) is 35.8 Å². The molecule has 0 spiro atoms. The summed E-state index contributed by atoms with van der Waals surface area (Å²) in [5.41, 5.74) is 0.411. The number of halogens is 1. The number of nitrogens with one attached hydrogen (secondary N) is 2. The van der Waals surface area contributed by atoms with Crippen molar-refractivity contribution in [1.29, 1.82) is 0 Å². The predicted molar refractivity (Wildman–Crippen MR) is 74.5 cm³/mol. The Morgan fingerprint density at radius 1 is 1.43 bits per heavy atom. The first-order valence-corrected chi connectivity index (χ1v) is 6.85. The highest BCUT2D eigenvalue weighted by atomic mass is 19.1. The van der Waals surface area contributed by atoms with Crippen LogP contribution < -0.4 is 5.32 Å². The van der Waals surface area contributed by atoms with Gasteiger partial charge in [0, 0.05) is 5.39 Å². The summed E-state index contributed by atoms with van der Waals surface area (Å²) in [6.07, 6.45) is 2.46. The van der Waals surface area contributed by atoms with Crippen LogP contribution in [0.2, 0.25) is 0 Å². The third kappa shape index (κ3) is 2.89. The lowest BCUT2D eigenvalue weighted by Crippen LogP contribution is -2.41. The van der Waals surface area contributed by atoms with Gasteiger partial charge < -0.3 is 15.4 Å². The Morgan fingerprint density at radius 3 is 2.81 bits per heavy atom. The Balaban J connectivity index is 1.79. The minimum absolute atomic E-state index is 0.164. The monoisotopic (exact) mass is 290 g/mol. The van der Waals surface area contributed by atoms with Crippen molar-refractivity contribution in [2.24, 2.45) is 5.92 Å². The van der Waals surface area contributed by atoms with Crippen LogP contribution in [0.25, 0.3) is 10.9 Å². The van der Waals surface area contributed by atoms with Crippen molar-refractivity contribution < 1.29 is 19.1 Å². The molecule has 1 aromatic carbocycles. The van der Waals surface area contributed by atoms with Gasteiger partial charge in [0.1, 0.15) is 17.6 Å². The smallest absolute Gasteiger partial charge is 0.326 e. The standard InChI is InChI=1S/C15H15FN2O3/c16-10-3-1-2-9-7-11(17-13(9)10)14(19)18-12(15(20)21)6-8-4-5-8/h1-3,7-8,12,17H,4-6H2,(H,18,19)(H,20,21)/t12-/m0/s1. The van der Waals surface area contributed by atoms with Gasteiger partial charge in [-0.3, -0.25) is 4.79 Å². The number of H-pyrrole nitrogens is 1. The van der Waals surface area contributed by atoms with E-state index in [1.54, 1.807) is 12.1 Å². The fourth-order valence-corrected chi connectivity index (χ4v) is 2.39. The molecule has 1 fully saturated rings. The molecule has 0 saturated heterocycles. The fraction of sp³-hybridized carbons (Fsp3) is 0.333. The van der Waals surface area contributed by atoms with E-state index in [1.165, 1.54) is 12.1 Å². The summed E-state index contributed by atoms with van der Waals surface area (Å²) < 4.78 is 13.6. The second-order valence-electron chi connectivity index (χ2n) is 5.43. The number of fused-ring (bicyclic) bond motifs is 1. The zero-order chi connectivity index (χ0) is 15.0. The van der Waals surface area contributed by atoms with E-state index in [9.17, 15) is 14.0 Å². The number of hydrogen-bond donors (Lipinski definition) is 3. The van der Waals surface area contributed by atoms with E-state index in [2.05, 4.69) is 10.3 Å². The number of aromatic nitrogens is 1. The first-order valence-electron chi connectivity index (χ1n) is 6.85. The van der Waals surface area contributed by atoms with Gasteiger partial charge in [-0.1, -0.05) is 25.0 Å². The SMILES string of the molecule is O=C(N[C@@H](CC1CC1)C(=O)O)c1cc2cccc(F)c2[nH]1. The van der Waals surface area contributed by atoms with Crippen LogP contribution in [-0.2, 0) is 4.79 Å². The van der Waals surface area contributed by atoms with Crippen molar-refractivity contribution in [2.45, 2.75) is 25.3 Å². The van der Waals surface area contributed by atoms with E-state index < -0.39 is 23.7 Å². The van der Waals surface area contributed by atoms with E-state index >= 15 is 0 Å². The number of carbonyl (C=O) groups excluding carboxylic acids is 1. The fourth-order valence-electron chi connectivity index (χ4n) is 2.39. The van der Waals surface area contributed by atoms with Crippen molar-refractivity contribution in [3.8, 4) is 0 Å². The summed E-state index contributed by atoms with van der Waals surface area (Å²) in [6.45, 7) is 0. The summed E-state index contributed by atoms with van der Waals surface area (Å²) in [5, 5.41) is 12.2. The summed E-state index contributed by atoms with van der Waals surface area (Å²) in [6, 6.07) is 5.16. The maximum Gasteiger partial charge on any atom is 0.326 e. The van der Waals surface area contributed by atoms with Crippen LogP contribution in [0.5, 0.6) is 0 Å². The van der Waals surface area contributed by atoms with Crippen LogP contribution in [0.15, 0.2) is 24.3 Å². The van der Waals surface area contributed by atoms with Gasteiger partial charge in [-0.25, -0.2) is 9.18 Å². The van der Waals surface area contributed by atoms with Gasteiger partial charge in [-0.05, 0) is 24.5 Å². The Bertz CT molecular complexity index is 706. The first-order chi connectivity index (χ1) is 10.0. The number of rotatable bonds is 5. The number of carboxylic acid groups (broad SMARTS) is 1. The minimum Gasteiger partial charge on any atom is -0.480 e. The summed E-state index contributed by atoms with van der Waals surface area (Å²) in [7, 11) is 0. The van der Waals surface area contributed by atoms with E-state index in [1.807, 2.05) is 0 Å². The molecule has 6 heteroatoms. The molecule has 5 nitrogen and oxygen atoms in total. The van der Waals surface area contributed by atoms with E-state index in [0.29, 0.717) is 17.7 Å². The number of aromatic amines is 1. The molecule has 1 aliphatic rings. The first kappa shape index (κ1) is 13.6. The Kier molecular flexibility index (Phi) is 3.37. The van der Waals surface area contributed by atoms with Crippen molar-refractivity contribution in [3.63, 3.8) is 0 Å². The lowest BCUT2D eigenvalue weighted by Gasteiger charge is -2.13. The maximum atomic E-state index is 13.6. The zero-order valence-corrected chi connectivity index (χ0v) is 11.2. The maximum absolute atomic E-state index is 13.6. The van der Waals surface area contributed by atoms with Gasteiger partial charge in [0.05, 0.1) is 5.52 Å². The lowest BCUT2D eigenvalue weighted by atomic mass is 10.1. The molecule has 3 rings (SSSR count). The van der Waals surface area contributed by atoms with Crippen LogP contribution >= 0.6 is 0 Å². The highest BCUT2D eigenvalue weighted by Gasteiger charge is 2.30. The molecule has 1 amide bonds. The highest BCUT2D eigenvalue weighted by molar-refractivity contribution is 5.99. The second kappa shape index (κ2) is 5.20. The number of aliphatic carboxylic acids is 1. The molecule has 110 valence electrons. The van der Waals surface area contributed by atoms with Gasteiger partial charge >= 0.3 is 5.97 Å². The average Bonchev–Trinajstić information content (AvgIpc) is 3.13. The molecule has 21 heavy (non-hydrogen) atoms. The summed E-state index contributed by atoms with van der Waals surface area (Å²) >= 11 is 0. The van der Waals surface area contributed by atoms with Crippen LogP contribution in [0.1, 0.15) is 29.8 Å². The molecule has 3 N–H and O–H groups in total. The van der Waals surface area contributed by atoms with Gasteiger partial charge in [-0.15, -0.1) is 0 Å². The molecule has 0 radical (unpaired) electrons. The Morgan fingerprint density at radius 2 is 2.19 bits per heavy atom. The third-order valence-electron chi connectivity index (χ3n) is 3.72. The molecule has 1 aromatic heterocycles. The Labute approximate surface area is 120 Å². The molecule has 1 aliphatic carbocycles. The Hall–Kier alpha value is -2.37. The zero-order valence-electron chi connectivity index (χ0n) is 11.2. The molecule has 0 aliphatic heterocycles. The number of carbonyl (C=O) groups is 2. The molecule has 1 atom stereocenters. The quantitative estimate of drug-likeness (QED) is 0.790. The van der Waals surface area contributed by atoms with Gasteiger partial charge in [0.2, 0.25) is 0 Å². The molecule has 0 bridgehead atoms. The van der Waals surface area contributed by atoms with Crippen molar-refractivity contribution in [2.75, 3.05) is 0 Å². The number of para-hydroxylation sites is 1. The topological polar surface area (TPSA) is 82.2 Å². The van der Waals surface area contributed by atoms with Crippen LogP contribution in [0.4, 0.5) is 4.39 Å². The van der Waals surface area contributed by atoms with Gasteiger partial charge in [0.15, 0.2) is 0 Å². The van der Waals surface area contributed by atoms with Gasteiger partial charge in [0.25, 0.3) is 5.91 Å². The van der Waals surface area contributed by atoms with Gasteiger partial charge in [-0.2, -0.15) is 0 Å². The number of benzene rings is 1. The van der Waals surface area contributed by atoms with Crippen LogP contribution in [0, 0.1) is 11.7 Å². The molecular weight excluding hydrogens is 275 g/mol. The summed E-state index contributed by atoms with van der Waals surface area (Å²) in [5.74, 6) is -1.64. The molecule has 1 saturated carbocycles. The molecule has 2 aromatic rings. The number of amides is 1. The third-order valence-corrected chi connectivity index (χ3v) is 3.72. The normalized spacial score (nSPS) is 15.9. The largest absolute Gasteiger partial charge is 0.480 e. The highest BCUT2D eigenvalue weighted by Crippen LogP contribution is 2.33. The van der Waals surface area contributed by atoms with E-state index in [0.717, 1.165) is 12.8 Å². The minimum atomic E-state index is -1.04. The molecule has 1 heterocycles. The second-order valence-corrected chi connectivity index (χ2v) is 5.43. The van der Waals surface area contributed by atoms with Crippen LogP contribution in [-0.4, -0.2) is 28.0 Å².